The zero-order chi connectivity index (χ0) is 19.8. The van der Waals surface area contributed by atoms with Crippen LogP contribution in [-0.4, -0.2) is 72.7 Å². The number of carbonyl (C=O) groups excluding carboxylic acids is 2. The minimum atomic E-state index is -3.95. The first kappa shape index (κ1) is 19.4. The van der Waals surface area contributed by atoms with Crippen molar-refractivity contribution in [3.63, 3.8) is 0 Å². The van der Waals surface area contributed by atoms with Crippen LogP contribution in [0.25, 0.3) is 0 Å². The van der Waals surface area contributed by atoms with E-state index in [1.807, 2.05) is 0 Å². The maximum atomic E-state index is 12.7. The van der Waals surface area contributed by atoms with Gasteiger partial charge in [-0.05, 0) is 31.9 Å². The first-order valence-corrected chi connectivity index (χ1v) is 10.1. The molecule has 1 atom stereocenters. The van der Waals surface area contributed by atoms with E-state index in [4.69, 9.17) is 9.52 Å². The normalized spacial score (nSPS) is 22.5. The number of hydrogen-bond donors (Lipinski definition) is 2. The number of carboxylic acids is 1. The highest BCUT2D eigenvalue weighted by Crippen LogP contribution is 2.27. The fraction of sp³-hybridized carbons (Fsp3) is 0.562. The second kappa shape index (κ2) is 7.31. The number of furan rings is 1. The van der Waals surface area contributed by atoms with Gasteiger partial charge >= 0.3 is 5.97 Å². The summed E-state index contributed by atoms with van der Waals surface area (Å²) in [5.41, 5.74) is 0. The molecule has 27 heavy (non-hydrogen) atoms. The van der Waals surface area contributed by atoms with Crippen molar-refractivity contribution in [1.29, 1.82) is 0 Å². The highest BCUT2D eigenvalue weighted by Gasteiger charge is 2.38. The van der Waals surface area contributed by atoms with Crippen LogP contribution in [0.3, 0.4) is 0 Å². The number of rotatable bonds is 4. The standard InChI is InChI=1S/C16H21N3O7S/c1-10-14(20)17-6-9-19(10)15(21)11-4-7-18(8-5-11)27(24,25)13-3-2-12(26-13)16(22)23/h2-3,10-11H,4-9H2,1H3,(H,17,20)(H,22,23). The van der Waals surface area contributed by atoms with E-state index in [1.165, 1.54) is 4.31 Å². The number of sulfonamides is 1. The molecule has 2 aliphatic heterocycles. The van der Waals surface area contributed by atoms with Gasteiger partial charge in [0.1, 0.15) is 6.04 Å². The summed E-state index contributed by atoms with van der Waals surface area (Å²) in [4.78, 5) is 36.8. The third-order valence-electron chi connectivity index (χ3n) is 4.97. The first-order chi connectivity index (χ1) is 12.7. The molecule has 2 saturated heterocycles. The summed E-state index contributed by atoms with van der Waals surface area (Å²) in [5, 5.41) is 11.1. The number of piperidine rings is 1. The van der Waals surface area contributed by atoms with Gasteiger partial charge in [-0.25, -0.2) is 13.2 Å². The predicted molar refractivity (Wildman–Crippen MR) is 91.3 cm³/mol. The zero-order valence-corrected chi connectivity index (χ0v) is 15.6. The number of aromatic carboxylic acids is 1. The summed E-state index contributed by atoms with van der Waals surface area (Å²) >= 11 is 0. The van der Waals surface area contributed by atoms with Crippen LogP contribution in [0.15, 0.2) is 21.6 Å². The minimum absolute atomic E-state index is 0.121. The SMILES string of the molecule is CC1C(=O)NCCN1C(=O)C1CCN(S(=O)(=O)c2ccc(C(=O)O)o2)CC1. The van der Waals surface area contributed by atoms with Crippen LogP contribution in [0.1, 0.15) is 30.3 Å². The van der Waals surface area contributed by atoms with Gasteiger partial charge in [0.15, 0.2) is 0 Å². The molecule has 148 valence electrons. The smallest absolute Gasteiger partial charge is 0.371 e. The number of nitrogens with one attached hydrogen (secondary N) is 1. The molecule has 11 heteroatoms. The molecule has 0 aromatic carbocycles. The van der Waals surface area contributed by atoms with Crippen LogP contribution in [0.5, 0.6) is 0 Å². The summed E-state index contributed by atoms with van der Waals surface area (Å²) in [5.74, 6) is -2.48. The molecule has 0 radical (unpaired) electrons. The van der Waals surface area contributed by atoms with Gasteiger partial charge in [0.25, 0.3) is 10.0 Å². The third-order valence-corrected chi connectivity index (χ3v) is 6.74. The van der Waals surface area contributed by atoms with Crippen molar-refractivity contribution in [3.05, 3.63) is 17.9 Å². The molecule has 1 unspecified atom stereocenters. The lowest BCUT2D eigenvalue weighted by Gasteiger charge is -2.37. The van der Waals surface area contributed by atoms with Crippen LogP contribution < -0.4 is 5.32 Å². The Labute approximate surface area is 156 Å². The largest absolute Gasteiger partial charge is 0.475 e. The fourth-order valence-corrected chi connectivity index (χ4v) is 4.74. The molecule has 2 amide bonds. The molecule has 10 nitrogen and oxygen atoms in total. The molecule has 2 N–H and O–H groups in total. The average Bonchev–Trinajstić information content (AvgIpc) is 3.15. The molecule has 1 aromatic rings. The van der Waals surface area contributed by atoms with Crippen LogP contribution >= 0.6 is 0 Å². The summed E-state index contributed by atoms with van der Waals surface area (Å²) < 4.78 is 31.3. The predicted octanol–water partition coefficient (Wildman–Crippen LogP) is -0.275. The highest BCUT2D eigenvalue weighted by atomic mass is 32.2. The van der Waals surface area contributed by atoms with Crippen molar-refractivity contribution < 1.29 is 32.3 Å². The van der Waals surface area contributed by atoms with E-state index >= 15 is 0 Å². The summed E-state index contributed by atoms with van der Waals surface area (Å²) in [6, 6.07) is 1.67. The minimum Gasteiger partial charge on any atom is -0.475 e. The van der Waals surface area contributed by atoms with E-state index in [2.05, 4.69) is 5.32 Å². The van der Waals surface area contributed by atoms with E-state index < -0.39 is 32.9 Å². The van der Waals surface area contributed by atoms with E-state index in [9.17, 15) is 22.8 Å². The lowest BCUT2D eigenvalue weighted by atomic mass is 9.95. The molecular formula is C16H21N3O7S. The van der Waals surface area contributed by atoms with E-state index in [-0.39, 0.29) is 30.8 Å². The van der Waals surface area contributed by atoms with Crippen LogP contribution in [-0.2, 0) is 19.6 Å². The lowest BCUT2D eigenvalue weighted by molar-refractivity contribution is -0.146. The monoisotopic (exact) mass is 399 g/mol. The third kappa shape index (κ3) is 3.69. The molecule has 3 rings (SSSR count). The molecule has 0 saturated carbocycles. The van der Waals surface area contributed by atoms with E-state index in [1.54, 1.807) is 11.8 Å². The maximum Gasteiger partial charge on any atom is 0.371 e. The molecule has 2 fully saturated rings. The number of amides is 2. The number of carboxylic acid groups (broad SMARTS) is 1. The van der Waals surface area contributed by atoms with Gasteiger partial charge < -0.3 is 19.7 Å². The average molecular weight is 399 g/mol. The first-order valence-electron chi connectivity index (χ1n) is 8.63. The molecule has 0 spiro atoms. The van der Waals surface area contributed by atoms with Crippen molar-refractivity contribution in [3.8, 4) is 0 Å². The van der Waals surface area contributed by atoms with Crippen molar-refractivity contribution in [1.82, 2.24) is 14.5 Å². The molecule has 2 aliphatic rings. The molecule has 0 bridgehead atoms. The van der Waals surface area contributed by atoms with E-state index in [0.717, 1.165) is 12.1 Å². The number of hydrogen-bond acceptors (Lipinski definition) is 6. The Morgan fingerprint density at radius 1 is 1.22 bits per heavy atom. The summed E-state index contributed by atoms with van der Waals surface area (Å²) in [6.07, 6.45) is 0.658. The van der Waals surface area contributed by atoms with Gasteiger partial charge in [0.05, 0.1) is 0 Å². The Morgan fingerprint density at radius 2 is 1.89 bits per heavy atom. The molecule has 1 aromatic heterocycles. The second-order valence-corrected chi connectivity index (χ2v) is 8.47. The van der Waals surface area contributed by atoms with Crippen molar-refractivity contribution in [2.75, 3.05) is 26.2 Å². The maximum absolute atomic E-state index is 12.7. The topological polar surface area (TPSA) is 137 Å². The van der Waals surface area contributed by atoms with Crippen molar-refractivity contribution in [2.45, 2.75) is 30.9 Å². The Bertz CT molecular complexity index is 855. The number of nitrogens with zero attached hydrogens (tertiary/aromatic N) is 2. The van der Waals surface area contributed by atoms with Gasteiger partial charge in [-0.2, -0.15) is 4.31 Å². The Kier molecular flexibility index (Phi) is 5.24. The van der Waals surface area contributed by atoms with Crippen LogP contribution in [0.4, 0.5) is 0 Å². The van der Waals surface area contributed by atoms with Gasteiger partial charge in [-0.1, -0.05) is 0 Å². The molecular weight excluding hydrogens is 378 g/mol. The molecule has 0 aliphatic carbocycles. The van der Waals surface area contributed by atoms with Gasteiger partial charge in [-0.15, -0.1) is 0 Å². The lowest BCUT2D eigenvalue weighted by Crippen LogP contribution is -2.57. The Hall–Kier alpha value is -2.40. The quantitative estimate of drug-likeness (QED) is 0.711. The highest BCUT2D eigenvalue weighted by molar-refractivity contribution is 7.89. The Balaban J connectivity index is 1.65. The van der Waals surface area contributed by atoms with Crippen molar-refractivity contribution >= 4 is 27.8 Å². The van der Waals surface area contributed by atoms with E-state index in [0.29, 0.717) is 25.9 Å². The molecule has 3 heterocycles. The van der Waals surface area contributed by atoms with Crippen LogP contribution in [0.2, 0.25) is 0 Å². The Morgan fingerprint density at radius 3 is 2.48 bits per heavy atom. The number of piperazine rings is 1. The summed E-state index contributed by atoms with van der Waals surface area (Å²) in [6.45, 7) is 2.76. The zero-order valence-electron chi connectivity index (χ0n) is 14.8. The van der Waals surface area contributed by atoms with Gasteiger partial charge in [0, 0.05) is 32.1 Å². The van der Waals surface area contributed by atoms with Gasteiger partial charge in [-0.3, -0.25) is 9.59 Å². The van der Waals surface area contributed by atoms with Crippen molar-refractivity contribution in [2.24, 2.45) is 5.92 Å². The fourth-order valence-electron chi connectivity index (χ4n) is 3.36. The summed E-state index contributed by atoms with van der Waals surface area (Å²) in [7, 11) is -3.95. The van der Waals surface area contributed by atoms with Crippen LogP contribution in [0, 0.1) is 5.92 Å². The second-order valence-electron chi connectivity index (χ2n) is 6.60. The van der Waals surface area contributed by atoms with Gasteiger partial charge in [0.2, 0.25) is 22.7 Å². The number of carbonyl (C=O) groups is 3.